The van der Waals surface area contributed by atoms with Gasteiger partial charge in [0.15, 0.2) is 5.60 Å². The summed E-state index contributed by atoms with van der Waals surface area (Å²) in [5.41, 5.74) is 0.173. The molecule has 1 heterocycles. The SMILES string of the molecule is CC1CCc2ccccc2N1C.O=C(O)CC(O)(CC(=O)O)C(=O)O. The van der Waals surface area contributed by atoms with E-state index >= 15 is 0 Å². The van der Waals surface area contributed by atoms with Crippen LogP contribution in [0.25, 0.3) is 0 Å². The molecule has 0 saturated carbocycles. The lowest BCUT2D eigenvalue weighted by atomic mass is 9.96. The van der Waals surface area contributed by atoms with Crippen molar-refractivity contribution < 1.29 is 34.8 Å². The number of fused-ring (bicyclic) bond motifs is 1. The predicted octanol–water partition coefficient (Wildman–Crippen LogP) is 1.21. The number of aliphatic carboxylic acids is 3. The summed E-state index contributed by atoms with van der Waals surface area (Å²) in [6.45, 7) is 2.29. The number of nitrogens with zero attached hydrogens (tertiary/aromatic N) is 1. The van der Waals surface area contributed by atoms with Gasteiger partial charge in [0.05, 0.1) is 12.8 Å². The van der Waals surface area contributed by atoms with Crippen LogP contribution in [0.2, 0.25) is 0 Å². The summed E-state index contributed by atoms with van der Waals surface area (Å²) in [4.78, 5) is 32.9. The molecule has 4 N–H and O–H groups in total. The number of aliphatic hydroxyl groups is 1. The number of hydrogen-bond acceptors (Lipinski definition) is 5. The molecule has 1 aromatic carbocycles. The number of para-hydroxylation sites is 1. The van der Waals surface area contributed by atoms with Crippen molar-refractivity contribution in [2.75, 3.05) is 11.9 Å². The van der Waals surface area contributed by atoms with Crippen LogP contribution in [0.5, 0.6) is 0 Å². The molecule has 0 spiro atoms. The van der Waals surface area contributed by atoms with E-state index in [4.69, 9.17) is 20.4 Å². The molecule has 0 amide bonds. The van der Waals surface area contributed by atoms with Gasteiger partial charge in [-0.2, -0.15) is 0 Å². The fourth-order valence-electron chi connectivity index (χ4n) is 2.58. The first kappa shape index (κ1) is 20.4. The van der Waals surface area contributed by atoms with Crippen LogP contribution in [0.1, 0.15) is 31.7 Å². The van der Waals surface area contributed by atoms with Gasteiger partial charge in [-0.15, -0.1) is 0 Å². The Hall–Kier alpha value is -2.61. The molecule has 0 radical (unpaired) electrons. The van der Waals surface area contributed by atoms with Gasteiger partial charge in [0.2, 0.25) is 0 Å². The molecule has 8 heteroatoms. The third-order valence-electron chi connectivity index (χ3n) is 4.15. The van der Waals surface area contributed by atoms with Gasteiger partial charge in [-0.05, 0) is 31.4 Å². The van der Waals surface area contributed by atoms with Gasteiger partial charge in [0, 0.05) is 18.8 Å². The van der Waals surface area contributed by atoms with E-state index in [1.54, 1.807) is 0 Å². The van der Waals surface area contributed by atoms with E-state index < -0.39 is 36.4 Å². The Balaban J connectivity index is 0.000000250. The maximum absolute atomic E-state index is 10.3. The zero-order valence-electron chi connectivity index (χ0n) is 14.2. The second-order valence-electron chi connectivity index (χ2n) is 6.11. The van der Waals surface area contributed by atoms with Gasteiger partial charge < -0.3 is 25.3 Å². The molecular weight excluding hydrogens is 330 g/mol. The highest BCUT2D eigenvalue weighted by atomic mass is 16.4. The van der Waals surface area contributed by atoms with Crippen LogP contribution < -0.4 is 4.90 Å². The van der Waals surface area contributed by atoms with Crippen LogP contribution in [-0.4, -0.2) is 57.0 Å². The fraction of sp³-hybridized carbons (Fsp3) is 0.471. The molecule has 0 aliphatic carbocycles. The lowest BCUT2D eigenvalue weighted by molar-refractivity contribution is -0.170. The van der Waals surface area contributed by atoms with Crippen LogP contribution in [0.4, 0.5) is 5.69 Å². The van der Waals surface area contributed by atoms with Gasteiger partial charge in [-0.25, -0.2) is 4.79 Å². The first-order valence-electron chi connectivity index (χ1n) is 7.77. The van der Waals surface area contributed by atoms with Crippen molar-refractivity contribution in [2.45, 2.75) is 44.2 Å². The van der Waals surface area contributed by atoms with Crippen molar-refractivity contribution >= 4 is 23.6 Å². The number of carboxylic acids is 3. The molecule has 0 fully saturated rings. The highest BCUT2D eigenvalue weighted by Gasteiger charge is 2.40. The van der Waals surface area contributed by atoms with E-state index in [1.165, 1.54) is 24.1 Å². The molecule has 1 atom stereocenters. The van der Waals surface area contributed by atoms with Gasteiger partial charge in [0.25, 0.3) is 0 Å². The number of rotatable bonds is 5. The zero-order chi connectivity index (χ0) is 19.2. The Morgan fingerprint density at radius 2 is 1.64 bits per heavy atom. The monoisotopic (exact) mass is 353 g/mol. The Kier molecular flexibility index (Phi) is 6.93. The second-order valence-corrected chi connectivity index (χ2v) is 6.11. The highest BCUT2D eigenvalue weighted by molar-refractivity contribution is 5.88. The summed E-state index contributed by atoms with van der Waals surface area (Å²) in [5, 5.41) is 33.8. The summed E-state index contributed by atoms with van der Waals surface area (Å²) < 4.78 is 0. The van der Waals surface area contributed by atoms with Gasteiger partial charge in [-0.1, -0.05) is 18.2 Å². The Morgan fingerprint density at radius 1 is 1.12 bits per heavy atom. The lowest BCUT2D eigenvalue weighted by Gasteiger charge is -2.33. The minimum absolute atomic E-state index is 0.694. The van der Waals surface area contributed by atoms with E-state index in [2.05, 4.69) is 43.1 Å². The lowest BCUT2D eigenvalue weighted by Crippen LogP contribution is -2.42. The van der Waals surface area contributed by atoms with E-state index in [-0.39, 0.29) is 0 Å². The second kappa shape index (κ2) is 8.48. The molecule has 0 saturated heterocycles. The number of aryl methyl sites for hydroxylation is 1. The van der Waals surface area contributed by atoms with Crippen LogP contribution in [0.3, 0.4) is 0 Å². The summed E-state index contributed by atoms with van der Waals surface area (Å²) in [6.07, 6.45) is 0.235. The van der Waals surface area contributed by atoms with Crippen LogP contribution in [0, 0.1) is 0 Å². The van der Waals surface area contributed by atoms with Crippen LogP contribution in [-0.2, 0) is 20.8 Å². The molecule has 1 aromatic rings. The van der Waals surface area contributed by atoms with Crippen molar-refractivity contribution in [2.24, 2.45) is 0 Å². The number of carboxylic acid groups (broad SMARTS) is 3. The maximum Gasteiger partial charge on any atom is 0.336 e. The van der Waals surface area contributed by atoms with Gasteiger partial charge in [0.1, 0.15) is 0 Å². The average Bonchev–Trinajstić information content (AvgIpc) is 2.50. The third kappa shape index (κ3) is 5.75. The van der Waals surface area contributed by atoms with Crippen molar-refractivity contribution in [3.8, 4) is 0 Å². The van der Waals surface area contributed by atoms with E-state index in [0.717, 1.165) is 0 Å². The normalized spacial score (nSPS) is 16.3. The third-order valence-corrected chi connectivity index (χ3v) is 4.15. The Bertz CT molecular complexity index is 628. The number of carbonyl (C=O) groups is 3. The van der Waals surface area contributed by atoms with Crippen molar-refractivity contribution in [1.82, 2.24) is 0 Å². The van der Waals surface area contributed by atoms with E-state index in [1.807, 2.05) is 0 Å². The van der Waals surface area contributed by atoms with Crippen molar-refractivity contribution in [3.05, 3.63) is 29.8 Å². The quantitative estimate of drug-likeness (QED) is 0.620. The molecule has 1 unspecified atom stereocenters. The predicted molar refractivity (Wildman–Crippen MR) is 89.7 cm³/mol. The Morgan fingerprint density at radius 3 is 2.12 bits per heavy atom. The number of anilines is 1. The summed E-state index contributed by atoms with van der Waals surface area (Å²) in [6, 6.07) is 9.39. The summed E-state index contributed by atoms with van der Waals surface area (Å²) >= 11 is 0. The van der Waals surface area contributed by atoms with Crippen LogP contribution >= 0.6 is 0 Å². The molecule has 1 aliphatic rings. The number of hydrogen-bond donors (Lipinski definition) is 4. The van der Waals surface area contributed by atoms with Gasteiger partial charge in [-0.3, -0.25) is 9.59 Å². The number of benzene rings is 1. The smallest absolute Gasteiger partial charge is 0.336 e. The van der Waals surface area contributed by atoms with Crippen LogP contribution in [0.15, 0.2) is 24.3 Å². The van der Waals surface area contributed by atoms with Crippen molar-refractivity contribution in [3.63, 3.8) is 0 Å². The first-order chi connectivity index (χ1) is 11.6. The summed E-state index contributed by atoms with van der Waals surface area (Å²) in [7, 11) is 2.18. The average molecular weight is 353 g/mol. The fourth-order valence-corrected chi connectivity index (χ4v) is 2.58. The largest absolute Gasteiger partial charge is 0.481 e. The zero-order valence-corrected chi connectivity index (χ0v) is 14.2. The van der Waals surface area contributed by atoms with Gasteiger partial charge >= 0.3 is 17.9 Å². The minimum Gasteiger partial charge on any atom is -0.481 e. The standard InChI is InChI=1S/C11H15N.C6H8O7/c1-9-7-8-10-5-3-4-6-11(10)12(9)2;7-3(8)1-6(13,5(11)12)2-4(9)10/h3-6,9H,7-8H2,1-2H3;13H,1-2H2,(H,7,8)(H,9,10)(H,11,12). The molecule has 1 aliphatic heterocycles. The molecule has 8 nitrogen and oxygen atoms in total. The highest BCUT2D eigenvalue weighted by Crippen LogP contribution is 2.28. The maximum atomic E-state index is 10.3. The summed E-state index contributed by atoms with van der Waals surface area (Å²) in [5.74, 6) is -5.02. The molecule has 2 rings (SSSR count). The molecular formula is C17H23NO7. The minimum atomic E-state index is -2.74. The molecule has 25 heavy (non-hydrogen) atoms. The Labute approximate surface area is 145 Å². The van der Waals surface area contributed by atoms with Crippen molar-refractivity contribution in [1.29, 1.82) is 0 Å². The molecule has 0 aromatic heterocycles. The molecule has 138 valence electrons. The first-order valence-corrected chi connectivity index (χ1v) is 7.77. The molecule has 0 bridgehead atoms. The van der Waals surface area contributed by atoms with E-state index in [0.29, 0.717) is 6.04 Å². The topological polar surface area (TPSA) is 135 Å². The van der Waals surface area contributed by atoms with E-state index in [9.17, 15) is 14.4 Å².